The molecule has 7 nitrogen and oxygen atoms in total. The van der Waals surface area contributed by atoms with Crippen molar-refractivity contribution in [2.75, 3.05) is 6.61 Å². The maximum absolute atomic E-state index is 12.4. The molecule has 3 heterocycles. The molecule has 0 aromatic heterocycles. The van der Waals surface area contributed by atoms with E-state index in [-0.39, 0.29) is 17.6 Å². The van der Waals surface area contributed by atoms with Crippen molar-refractivity contribution >= 4 is 10.1 Å². The van der Waals surface area contributed by atoms with Crippen LogP contribution in [0.3, 0.4) is 0 Å². The number of benzene rings is 1. The maximum atomic E-state index is 12.4. The van der Waals surface area contributed by atoms with Crippen LogP contribution in [0.25, 0.3) is 0 Å². The number of aryl methyl sites for hydroxylation is 1. The Hall–Kier alpha value is -1.03. The average Bonchev–Trinajstić information content (AvgIpc) is 3.09. The van der Waals surface area contributed by atoms with Gasteiger partial charge in [0, 0.05) is 0 Å². The van der Waals surface area contributed by atoms with E-state index < -0.39 is 40.5 Å². The van der Waals surface area contributed by atoms with Crippen LogP contribution in [0.5, 0.6) is 0 Å². The normalized spacial score (nSPS) is 37.4. The summed E-state index contributed by atoms with van der Waals surface area (Å²) >= 11 is 0. The third-order valence-electron chi connectivity index (χ3n) is 4.41. The van der Waals surface area contributed by atoms with Gasteiger partial charge in [-0.1, -0.05) is 17.7 Å². The van der Waals surface area contributed by atoms with Crippen LogP contribution in [0, 0.1) is 6.92 Å². The van der Waals surface area contributed by atoms with E-state index >= 15 is 0 Å². The minimum Gasteiger partial charge on any atom is -0.370 e. The Labute approximate surface area is 140 Å². The van der Waals surface area contributed by atoms with Crippen molar-refractivity contribution in [2.24, 2.45) is 0 Å². The number of rotatable bonds is 3. The van der Waals surface area contributed by atoms with Crippen molar-refractivity contribution in [3.63, 3.8) is 0 Å². The van der Waals surface area contributed by atoms with Crippen molar-refractivity contribution in [3.8, 4) is 0 Å². The first kappa shape index (κ1) is 16.4. The van der Waals surface area contributed by atoms with Gasteiger partial charge in [-0.25, -0.2) is 0 Å². The maximum Gasteiger partial charge on any atom is 0.297 e. The zero-order chi connectivity index (χ0) is 17.1. The first-order valence-corrected chi connectivity index (χ1v) is 9.29. The van der Waals surface area contributed by atoms with Crippen LogP contribution < -0.4 is 0 Å². The van der Waals surface area contributed by atoms with Gasteiger partial charge in [0.15, 0.2) is 12.1 Å². The summed E-state index contributed by atoms with van der Waals surface area (Å²) in [4.78, 5) is 0.114. The second-order valence-electron chi connectivity index (χ2n) is 6.77. The summed E-state index contributed by atoms with van der Waals surface area (Å²) in [5.74, 6) is -0.740. The highest BCUT2D eigenvalue weighted by molar-refractivity contribution is 7.86. The van der Waals surface area contributed by atoms with Gasteiger partial charge in [-0.2, -0.15) is 8.42 Å². The molecule has 132 valence electrons. The molecule has 3 fully saturated rings. The molecule has 1 aromatic carbocycles. The van der Waals surface area contributed by atoms with Gasteiger partial charge in [-0.05, 0) is 32.9 Å². The van der Waals surface area contributed by atoms with E-state index in [4.69, 9.17) is 23.1 Å². The van der Waals surface area contributed by atoms with Crippen LogP contribution in [0.4, 0.5) is 0 Å². The fourth-order valence-electron chi connectivity index (χ4n) is 3.30. The molecule has 5 atom stereocenters. The molecular formula is C16H20O7S. The molecule has 0 N–H and O–H groups in total. The molecule has 0 amide bonds. The Morgan fingerprint density at radius 1 is 1.08 bits per heavy atom. The lowest BCUT2D eigenvalue weighted by atomic mass is 10.1. The molecule has 0 aliphatic carbocycles. The quantitative estimate of drug-likeness (QED) is 0.756. The number of hydrogen-bond acceptors (Lipinski definition) is 7. The lowest BCUT2D eigenvalue weighted by Crippen LogP contribution is -2.37. The summed E-state index contributed by atoms with van der Waals surface area (Å²) in [5.41, 5.74) is 0.974. The first-order chi connectivity index (χ1) is 11.3. The van der Waals surface area contributed by atoms with E-state index in [0.29, 0.717) is 0 Å². The van der Waals surface area contributed by atoms with Gasteiger partial charge in [-0.3, -0.25) is 4.18 Å². The molecule has 1 aromatic rings. The van der Waals surface area contributed by atoms with Crippen molar-refractivity contribution in [3.05, 3.63) is 29.8 Å². The van der Waals surface area contributed by atoms with Gasteiger partial charge < -0.3 is 18.9 Å². The molecule has 0 bridgehead atoms. The first-order valence-electron chi connectivity index (χ1n) is 7.88. The lowest BCUT2D eigenvalue weighted by molar-refractivity contribution is -0.213. The van der Waals surface area contributed by atoms with Gasteiger partial charge >= 0.3 is 0 Å². The van der Waals surface area contributed by atoms with Crippen LogP contribution in [-0.4, -0.2) is 51.5 Å². The summed E-state index contributed by atoms with van der Waals surface area (Å²) in [5, 5.41) is 0. The summed E-state index contributed by atoms with van der Waals surface area (Å²) in [6.45, 7) is 5.62. The topological polar surface area (TPSA) is 80.3 Å². The Morgan fingerprint density at radius 3 is 2.50 bits per heavy atom. The lowest BCUT2D eigenvalue weighted by Gasteiger charge is -2.22. The second kappa shape index (κ2) is 5.48. The van der Waals surface area contributed by atoms with E-state index in [9.17, 15) is 8.42 Å². The van der Waals surface area contributed by atoms with Gasteiger partial charge in [0.2, 0.25) is 0 Å². The Kier molecular flexibility index (Phi) is 3.76. The highest BCUT2D eigenvalue weighted by Crippen LogP contribution is 2.43. The summed E-state index contributed by atoms with van der Waals surface area (Å²) in [6, 6.07) is 6.50. The number of fused-ring (bicyclic) bond motifs is 3. The monoisotopic (exact) mass is 356 g/mol. The Balaban J connectivity index is 1.49. The predicted molar refractivity (Wildman–Crippen MR) is 81.7 cm³/mol. The molecule has 3 aliphatic heterocycles. The molecule has 0 spiro atoms. The van der Waals surface area contributed by atoms with Gasteiger partial charge in [-0.15, -0.1) is 0 Å². The molecule has 8 heteroatoms. The van der Waals surface area contributed by atoms with E-state index in [1.54, 1.807) is 26.0 Å². The molecule has 3 saturated heterocycles. The van der Waals surface area contributed by atoms with Crippen molar-refractivity contribution < 1.29 is 31.5 Å². The van der Waals surface area contributed by atoms with Crippen molar-refractivity contribution in [2.45, 2.75) is 62.2 Å². The van der Waals surface area contributed by atoms with Crippen LogP contribution in [0.2, 0.25) is 0 Å². The zero-order valence-electron chi connectivity index (χ0n) is 13.7. The molecule has 0 radical (unpaired) electrons. The van der Waals surface area contributed by atoms with Crippen LogP contribution in [0.1, 0.15) is 19.4 Å². The average molecular weight is 356 g/mol. The fraction of sp³-hybridized carbons (Fsp3) is 0.625. The van der Waals surface area contributed by atoms with E-state index in [2.05, 4.69) is 0 Å². The Morgan fingerprint density at radius 2 is 1.79 bits per heavy atom. The number of ether oxygens (including phenoxy) is 4. The van der Waals surface area contributed by atoms with Crippen LogP contribution in [-0.2, 0) is 33.2 Å². The van der Waals surface area contributed by atoms with Gasteiger partial charge in [0.1, 0.15) is 24.4 Å². The van der Waals surface area contributed by atoms with Crippen LogP contribution >= 0.6 is 0 Å². The highest BCUT2D eigenvalue weighted by atomic mass is 32.2. The van der Waals surface area contributed by atoms with Crippen LogP contribution in [0.15, 0.2) is 29.2 Å². The third kappa shape index (κ3) is 2.77. The molecule has 0 saturated carbocycles. The second-order valence-corrected chi connectivity index (χ2v) is 8.34. The summed E-state index contributed by atoms with van der Waals surface area (Å²) in [7, 11) is -3.89. The molecule has 4 rings (SSSR count). The predicted octanol–water partition coefficient (Wildman–Crippen LogP) is 1.34. The Bertz CT molecular complexity index is 727. The van der Waals surface area contributed by atoms with Crippen molar-refractivity contribution in [1.82, 2.24) is 0 Å². The zero-order valence-corrected chi connectivity index (χ0v) is 14.5. The third-order valence-corrected chi connectivity index (χ3v) is 5.76. The highest BCUT2D eigenvalue weighted by Gasteiger charge is 2.60. The SMILES string of the molecule is Cc1ccc(S(=O)(=O)OC2COC3C2OC2OC(C)(C)OC23)cc1. The van der Waals surface area contributed by atoms with Gasteiger partial charge in [0.25, 0.3) is 10.1 Å². The molecule has 3 aliphatic rings. The minimum absolute atomic E-state index is 0.114. The van der Waals surface area contributed by atoms with E-state index in [0.717, 1.165) is 5.56 Å². The summed E-state index contributed by atoms with van der Waals surface area (Å²) in [6.07, 6.45) is -2.59. The molecule has 5 unspecified atom stereocenters. The van der Waals surface area contributed by atoms with Crippen molar-refractivity contribution in [1.29, 1.82) is 0 Å². The summed E-state index contributed by atoms with van der Waals surface area (Å²) < 4.78 is 53.2. The number of hydrogen-bond donors (Lipinski definition) is 0. The van der Waals surface area contributed by atoms with Gasteiger partial charge in [0.05, 0.1) is 11.5 Å². The largest absolute Gasteiger partial charge is 0.370 e. The molecule has 24 heavy (non-hydrogen) atoms. The standard InChI is InChI=1S/C16H20O7S/c1-9-4-6-10(7-5-9)24(17,18)23-11-8-19-13-12(11)20-15-14(13)21-16(2,3)22-15/h4-7,11-15H,8H2,1-3H3. The molecular weight excluding hydrogens is 336 g/mol. The smallest absolute Gasteiger partial charge is 0.297 e. The fourth-order valence-corrected chi connectivity index (χ4v) is 4.37. The van der Waals surface area contributed by atoms with E-state index in [1.807, 2.05) is 6.92 Å². The van der Waals surface area contributed by atoms with E-state index in [1.165, 1.54) is 12.1 Å². The minimum atomic E-state index is -3.89.